The molecule has 3 aromatic rings. The van der Waals surface area contributed by atoms with Gasteiger partial charge in [-0.15, -0.1) is 0 Å². The van der Waals surface area contributed by atoms with Crippen LogP contribution in [0.5, 0.6) is 11.5 Å². The fourth-order valence-electron chi connectivity index (χ4n) is 3.30. The van der Waals surface area contributed by atoms with Gasteiger partial charge in [0.05, 0.1) is 31.2 Å². The summed E-state index contributed by atoms with van der Waals surface area (Å²) < 4.78 is 11.2. The highest BCUT2D eigenvalue weighted by atomic mass is 35.5. The van der Waals surface area contributed by atoms with Gasteiger partial charge in [-0.1, -0.05) is 32.4 Å². The molecule has 2 aromatic carbocycles. The number of methoxy groups -OCH3 is 1. The van der Waals surface area contributed by atoms with E-state index in [4.69, 9.17) is 21.1 Å². The molecule has 0 unspecified atom stereocenters. The molecule has 0 aliphatic carbocycles. The molecular formula is C24H28ClN3O4. The number of fused-ring (bicyclic) bond motifs is 1. The van der Waals surface area contributed by atoms with Gasteiger partial charge >= 0.3 is 0 Å². The number of benzene rings is 2. The van der Waals surface area contributed by atoms with Crippen molar-refractivity contribution >= 4 is 28.4 Å². The van der Waals surface area contributed by atoms with Gasteiger partial charge in [-0.05, 0) is 48.7 Å². The van der Waals surface area contributed by atoms with Crippen LogP contribution >= 0.6 is 11.6 Å². The zero-order valence-electron chi connectivity index (χ0n) is 18.8. The molecule has 0 aliphatic rings. The first-order chi connectivity index (χ1) is 15.3. The Labute approximate surface area is 192 Å². The minimum absolute atomic E-state index is 0.165. The normalized spacial score (nSPS) is 11.1. The standard InChI is InChI=1S/C24H28ClN3O4/c1-5-10-28(13-22-26-19-12-17(25)7-8-18(19)23(29)27-22)24(30)16-6-9-20(21(11-16)31-4)32-14-15(2)3/h6-9,11-12,15H,5,10,13-14H2,1-4H3,(H,26,27,29). The summed E-state index contributed by atoms with van der Waals surface area (Å²) in [6.45, 7) is 7.33. The molecule has 0 saturated carbocycles. The minimum atomic E-state index is -0.265. The zero-order valence-corrected chi connectivity index (χ0v) is 19.5. The van der Waals surface area contributed by atoms with E-state index in [-0.39, 0.29) is 18.0 Å². The van der Waals surface area contributed by atoms with Crippen molar-refractivity contribution in [1.82, 2.24) is 14.9 Å². The molecule has 0 saturated heterocycles. The van der Waals surface area contributed by atoms with E-state index in [1.54, 1.807) is 48.4 Å². The number of hydrogen-bond donors (Lipinski definition) is 1. The summed E-state index contributed by atoms with van der Waals surface area (Å²) in [5.74, 6) is 1.68. The van der Waals surface area contributed by atoms with Crippen molar-refractivity contribution in [2.45, 2.75) is 33.7 Å². The molecule has 0 atom stereocenters. The maximum atomic E-state index is 13.3. The van der Waals surface area contributed by atoms with Gasteiger partial charge in [-0.25, -0.2) is 4.98 Å². The van der Waals surface area contributed by atoms with Crippen LogP contribution < -0.4 is 15.0 Å². The van der Waals surface area contributed by atoms with E-state index in [2.05, 4.69) is 23.8 Å². The van der Waals surface area contributed by atoms with E-state index in [1.807, 2.05) is 6.92 Å². The molecule has 8 heteroatoms. The number of aromatic amines is 1. The highest BCUT2D eigenvalue weighted by molar-refractivity contribution is 6.31. The lowest BCUT2D eigenvalue weighted by atomic mass is 10.1. The summed E-state index contributed by atoms with van der Waals surface area (Å²) in [4.78, 5) is 34.7. The third kappa shape index (κ3) is 5.59. The summed E-state index contributed by atoms with van der Waals surface area (Å²) in [7, 11) is 1.55. The Balaban J connectivity index is 1.87. The predicted molar refractivity (Wildman–Crippen MR) is 126 cm³/mol. The Morgan fingerprint density at radius 2 is 1.97 bits per heavy atom. The van der Waals surface area contributed by atoms with E-state index < -0.39 is 0 Å². The number of halogens is 1. The number of ether oxygens (including phenoxy) is 2. The molecule has 32 heavy (non-hydrogen) atoms. The zero-order chi connectivity index (χ0) is 23.3. The van der Waals surface area contributed by atoms with Gasteiger partial charge in [0.25, 0.3) is 11.5 Å². The van der Waals surface area contributed by atoms with Crippen LogP contribution in [-0.4, -0.2) is 41.0 Å². The van der Waals surface area contributed by atoms with Crippen molar-refractivity contribution in [3.63, 3.8) is 0 Å². The maximum absolute atomic E-state index is 13.3. The van der Waals surface area contributed by atoms with Crippen LogP contribution in [0.25, 0.3) is 10.9 Å². The molecule has 0 aliphatic heterocycles. The fraction of sp³-hybridized carbons (Fsp3) is 0.375. The van der Waals surface area contributed by atoms with Crippen molar-refractivity contribution in [1.29, 1.82) is 0 Å². The van der Waals surface area contributed by atoms with Crippen molar-refractivity contribution in [3.05, 3.63) is 63.2 Å². The highest BCUT2D eigenvalue weighted by Crippen LogP contribution is 2.29. The first kappa shape index (κ1) is 23.6. The lowest BCUT2D eigenvalue weighted by molar-refractivity contribution is 0.0738. The Kier molecular flexibility index (Phi) is 7.75. The molecule has 1 aromatic heterocycles. The summed E-state index contributed by atoms with van der Waals surface area (Å²) in [6, 6.07) is 10.1. The van der Waals surface area contributed by atoms with E-state index in [0.29, 0.717) is 57.9 Å². The molecule has 7 nitrogen and oxygen atoms in total. The smallest absolute Gasteiger partial charge is 0.258 e. The van der Waals surface area contributed by atoms with Crippen molar-refractivity contribution in [2.75, 3.05) is 20.3 Å². The number of carbonyl (C=O) groups is 1. The number of amides is 1. The third-order valence-electron chi connectivity index (χ3n) is 4.82. The van der Waals surface area contributed by atoms with E-state index in [9.17, 15) is 9.59 Å². The molecule has 0 fully saturated rings. The average molecular weight is 458 g/mol. The van der Waals surface area contributed by atoms with Crippen molar-refractivity contribution < 1.29 is 14.3 Å². The second-order valence-electron chi connectivity index (χ2n) is 7.97. The monoisotopic (exact) mass is 457 g/mol. The maximum Gasteiger partial charge on any atom is 0.258 e. The largest absolute Gasteiger partial charge is 0.493 e. The molecule has 3 rings (SSSR count). The van der Waals surface area contributed by atoms with Crippen LogP contribution in [0.15, 0.2) is 41.2 Å². The van der Waals surface area contributed by atoms with Crippen LogP contribution in [0.1, 0.15) is 43.4 Å². The van der Waals surface area contributed by atoms with E-state index in [1.165, 1.54) is 0 Å². The lowest BCUT2D eigenvalue weighted by Crippen LogP contribution is -2.32. The van der Waals surface area contributed by atoms with Crippen molar-refractivity contribution in [2.24, 2.45) is 5.92 Å². The van der Waals surface area contributed by atoms with Crippen LogP contribution in [0, 0.1) is 5.92 Å². The lowest BCUT2D eigenvalue weighted by Gasteiger charge is -2.22. The van der Waals surface area contributed by atoms with Crippen molar-refractivity contribution in [3.8, 4) is 11.5 Å². The Morgan fingerprint density at radius 3 is 2.66 bits per heavy atom. The summed E-state index contributed by atoms with van der Waals surface area (Å²) in [6.07, 6.45) is 0.752. The van der Waals surface area contributed by atoms with Gasteiger partial charge < -0.3 is 19.4 Å². The van der Waals surface area contributed by atoms with Crippen LogP contribution in [0.3, 0.4) is 0 Å². The minimum Gasteiger partial charge on any atom is -0.493 e. The second kappa shape index (κ2) is 10.5. The average Bonchev–Trinajstić information content (AvgIpc) is 2.76. The first-order valence-corrected chi connectivity index (χ1v) is 11.0. The SMILES string of the molecule is CCCN(Cc1nc2cc(Cl)ccc2c(=O)[nH]1)C(=O)c1ccc(OCC(C)C)c(OC)c1. The van der Waals surface area contributed by atoms with Crippen LogP contribution in [0.4, 0.5) is 0 Å². The molecule has 1 amide bonds. The Morgan fingerprint density at radius 1 is 1.19 bits per heavy atom. The fourth-order valence-corrected chi connectivity index (χ4v) is 3.46. The molecule has 170 valence electrons. The number of rotatable bonds is 9. The topological polar surface area (TPSA) is 84.5 Å². The Hall–Kier alpha value is -3.06. The Bertz CT molecular complexity index is 1160. The molecule has 1 N–H and O–H groups in total. The van der Waals surface area contributed by atoms with E-state index in [0.717, 1.165) is 6.42 Å². The number of aromatic nitrogens is 2. The van der Waals surface area contributed by atoms with E-state index >= 15 is 0 Å². The number of nitrogens with zero attached hydrogens (tertiary/aromatic N) is 2. The van der Waals surface area contributed by atoms with Gasteiger partial charge in [-0.3, -0.25) is 9.59 Å². The predicted octanol–water partition coefficient (Wildman–Crippen LogP) is 4.67. The highest BCUT2D eigenvalue weighted by Gasteiger charge is 2.19. The molecule has 1 heterocycles. The quantitative estimate of drug-likeness (QED) is 0.504. The molecule has 0 bridgehead atoms. The van der Waals surface area contributed by atoms with Gasteiger partial charge in [0.2, 0.25) is 0 Å². The van der Waals surface area contributed by atoms with Gasteiger partial charge in [0.15, 0.2) is 11.5 Å². The summed E-state index contributed by atoms with van der Waals surface area (Å²) in [5.41, 5.74) is 0.700. The molecular weight excluding hydrogens is 430 g/mol. The summed E-state index contributed by atoms with van der Waals surface area (Å²) in [5, 5.41) is 0.947. The summed E-state index contributed by atoms with van der Waals surface area (Å²) >= 11 is 6.05. The third-order valence-corrected chi connectivity index (χ3v) is 5.06. The van der Waals surface area contributed by atoms with Gasteiger partial charge in [-0.2, -0.15) is 0 Å². The van der Waals surface area contributed by atoms with Crippen LogP contribution in [-0.2, 0) is 6.54 Å². The number of H-pyrrole nitrogens is 1. The number of nitrogens with one attached hydrogen (secondary N) is 1. The second-order valence-corrected chi connectivity index (χ2v) is 8.41. The first-order valence-electron chi connectivity index (χ1n) is 10.6. The van der Waals surface area contributed by atoms with Gasteiger partial charge in [0, 0.05) is 17.1 Å². The van der Waals surface area contributed by atoms with Crippen LogP contribution in [0.2, 0.25) is 5.02 Å². The number of hydrogen-bond acceptors (Lipinski definition) is 5. The number of carbonyl (C=O) groups excluding carboxylic acids is 1. The molecule has 0 spiro atoms. The molecule has 0 radical (unpaired) electrons. The van der Waals surface area contributed by atoms with Gasteiger partial charge in [0.1, 0.15) is 5.82 Å².